The lowest BCUT2D eigenvalue weighted by molar-refractivity contribution is 0.185. The van der Waals surface area contributed by atoms with Gasteiger partial charge in [0.15, 0.2) is 0 Å². The van der Waals surface area contributed by atoms with E-state index < -0.39 is 21.5 Å². The smallest absolute Gasteiger partial charge is 0.240 e. The number of aliphatic hydroxyl groups excluding tert-OH is 1. The van der Waals surface area contributed by atoms with Crippen molar-refractivity contribution in [3.8, 4) is 0 Å². The average Bonchev–Trinajstić information content (AvgIpc) is 2.96. The molecule has 0 fully saturated rings. The first-order valence-corrected chi connectivity index (χ1v) is 10.5. The van der Waals surface area contributed by atoms with Crippen LogP contribution in [0.2, 0.25) is 0 Å². The second-order valence-electron chi connectivity index (χ2n) is 7.19. The number of allylic oxidation sites excluding steroid dienone is 1. The van der Waals surface area contributed by atoms with Crippen LogP contribution in [0.4, 0.5) is 5.69 Å². The van der Waals surface area contributed by atoms with Crippen LogP contribution in [0.5, 0.6) is 0 Å². The molecule has 0 unspecified atom stereocenters. The van der Waals surface area contributed by atoms with Crippen LogP contribution in [0.1, 0.15) is 24.0 Å². The van der Waals surface area contributed by atoms with Crippen LogP contribution >= 0.6 is 0 Å². The summed E-state index contributed by atoms with van der Waals surface area (Å²) < 4.78 is 27.9. The molecule has 0 radical (unpaired) electrons. The molecule has 140 valence electrons. The van der Waals surface area contributed by atoms with E-state index in [0.717, 1.165) is 22.5 Å². The number of hydrogen-bond donors (Lipinski definition) is 2. The standard InChI is InChI=1S/C21H22N2O3S/c1-15-6-9-17(10-7-15)27(25,26)22-13-12-21-14-16(24)8-11-20(21)23-19-5-3-2-4-18(19)21/h2-11,16,22,24H,12-14H2,1H3/t16-,21-/m1/s1. The van der Waals surface area contributed by atoms with Gasteiger partial charge in [-0.25, -0.2) is 13.1 Å². The number of fused-ring (bicyclic) bond motifs is 3. The molecule has 1 aliphatic heterocycles. The Morgan fingerprint density at radius 3 is 2.70 bits per heavy atom. The minimum Gasteiger partial charge on any atom is -0.389 e. The fourth-order valence-electron chi connectivity index (χ4n) is 3.95. The lowest BCUT2D eigenvalue weighted by Gasteiger charge is -2.35. The van der Waals surface area contributed by atoms with Gasteiger partial charge in [0.05, 0.1) is 22.4 Å². The Balaban J connectivity index is 1.57. The number of nitrogens with one attached hydrogen (secondary N) is 1. The number of benzene rings is 2. The normalized spacial score (nSPS) is 23.6. The number of aryl methyl sites for hydroxylation is 1. The predicted molar refractivity (Wildman–Crippen MR) is 106 cm³/mol. The molecule has 2 aliphatic rings. The zero-order chi connectivity index (χ0) is 19.1. The summed E-state index contributed by atoms with van der Waals surface area (Å²) in [5.74, 6) is 0. The molecule has 0 saturated heterocycles. The molecule has 27 heavy (non-hydrogen) atoms. The Bertz CT molecular complexity index is 1030. The van der Waals surface area contributed by atoms with E-state index in [1.54, 1.807) is 30.3 Å². The maximum Gasteiger partial charge on any atom is 0.240 e. The first-order valence-electron chi connectivity index (χ1n) is 9.02. The van der Waals surface area contributed by atoms with Crippen molar-refractivity contribution in [1.82, 2.24) is 4.72 Å². The Morgan fingerprint density at radius 1 is 1.19 bits per heavy atom. The first-order chi connectivity index (χ1) is 12.9. The topological polar surface area (TPSA) is 78.8 Å². The fraction of sp³-hybridized carbons (Fsp3) is 0.286. The zero-order valence-electron chi connectivity index (χ0n) is 15.1. The van der Waals surface area contributed by atoms with Gasteiger partial charge < -0.3 is 5.11 Å². The average molecular weight is 382 g/mol. The van der Waals surface area contributed by atoms with Crippen LogP contribution in [0.15, 0.2) is 70.6 Å². The molecule has 0 amide bonds. The highest BCUT2D eigenvalue weighted by Gasteiger charge is 2.44. The second kappa shape index (κ2) is 6.71. The van der Waals surface area contributed by atoms with Crippen molar-refractivity contribution in [3.05, 3.63) is 71.8 Å². The van der Waals surface area contributed by atoms with Crippen LogP contribution in [0.25, 0.3) is 0 Å². The van der Waals surface area contributed by atoms with Crippen molar-refractivity contribution in [2.45, 2.75) is 36.2 Å². The zero-order valence-corrected chi connectivity index (χ0v) is 15.9. The van der Waals surface area contributed by atoms with Crippen LogP contribution in [0, 0.1) is 6.92 Å². The highest BCUT2D eigenvalue weighted by Crippen LogP contribution is 2.47. The molecule has 1 aliphatic carbocycles. The van der Waals surface area contributed by atoms with Crippen molar-refractivity contribution in [2.75, 3.05) is 6.54 Å². The van der Waals surface area contributed by atoms with Gasteiger partial charge in [-0.1, -0.05) is 42.0 Å². The van der Waals surface area contributed by atoms with Gasteiger partial charge in [0.1, 0.15) is 0 Å². The van der Waals surface area contributed by atoms with Gasteiger partial charge in [-0.15, -0.1) is 0 Å². The second-order valence-corrected chi connectivity index (χ2v) is 8.95. The van der Waals surface area contributed by atoms with Gasteiger partial charge in [0, 0.05) is 12.0 Å². The van der Waals surface area contributed by atoms with Gasteiger partial charge >= 0.3 is 0 Å². The van der Waals surface area contributed by atoms with Crippen molar-refractivity contribution >= 4 is 21.4 Å². The van der Waals surface area contributed by atoms with Gasteiger partial charge in [-0.3, -0.25) is 4.99 Å². The molecule has 0 spiro atoms. The molecule has 2 atom stereocenters. The molecule has 6 heteroatoms. The third-order valence-corrected chi connectivity index (χ3v) is 6.84. The number of aliphatic imine (C=N–C) groups is 1. The number of nitrogens with zero attached hydrogens (tertiary/aromatic N) is 1. The van der Waals surface area contributed by atoms with Gasteiger partial charge in [0.25, 0.3) is 0 Å². The number of aliphatic hydroxyl groups is 1. The highest BCUT2D eigenvalue weighted by atomic mass is 32.2. The largest absolute Gasteiger partial charge is 0.389 e. The lowest BCUT2D eigenvalue weighted by Crippen LogP contribution is -2.41. The SMILES string of the molecule is Cc1ccc(S(=O)(=O)NCC[C@]23C[C@H](O)C=CC2=Nc2ccccc23)cc1. The highest BCUT2D eigenvalue weighted by molar-refractivity contribution is 7.89. The molecule has 2 N–H and O–H groups in total. The third kappa shape index (κ3) is 3.25. The van der Waals surface area contributed by atoms with Crippen LogP contribution < -0.4 is 4.72 Å². The molecule has 1 heterocycles. The van der Waals surface area contributed by atoms with Crippen molar-refractivity contribution < 1.29 is 13.5 Å². The van der Waals surface area contributed by atoms with E-state index in [0.29, 0.717) is 12.8 Å². The Hall–Kier alpha value is -2.28. The quantitative estimate of drug-likeness (QED) is 0.834. The van der Waals surface area contributed by atoms with Crippen LogP contribution in [-0.2, 0) is 15.4 Å². The summed E-state index contributed by atoms with van der Waals surface area (Å²) in [6, 6.07) is 14.7. The summed E-state index contributed by atoms with van der Waals surface area (Å²) in [5.41, 5.74) is 3.40. The molecule has 0 bridgehead atoms. The monoisotopic (exact) mass is 382 g/mol. The Labute approximate surface area is 159 Å². The Kier molecular flexibility index (Phi) is 4.50. The first kappa shape index (κ1) is 18.1. The van der Waals surface area contributed by atoms with Crippen LogP contribution in [-0.4, -0.2) is 31.9 Å². The minimum atomic E-state index is -3.57. The van der Waals surface area contributed by atoms with Gasteiger partial charge in [0.2, 0.25) is 10.0 Å². The molecular weight excluding hydrogens is 360 g/mol. The van der Waals surface area contributed by atoms with E-state index in [1.165, 1.54) is 0 Å². The molecule has 5 nitrogen and oxygen atoms in total. The van der Waals surface area contributed by atoms with Crippen molar-refractivity contribution in [2.24, 2.45) is 4.99 Å². The summed E-state index contributed by atoms with van der Waals surface area (Å²) in [6.45, 7) is 2.19. The summed E-state index contributed by atoms with van der Waals surface area (Å²) in [6.07, 6.45) is 4.09. The third-order valence-electron chi connectivity index (χ3n) is 5.36. The summed E-state index contributed by atoms with van der Waals surface area (Å²) in [4.78, 5) is 4.96. The van der Waals surface area contributed by atoms with Crippen LogP contribution in [0.3, 0.4) is 0 Å². The number of rotatable bonds is 5. The van der Waals surface area contributed by atoms with E-state index in [1.807, 2.05) is 37.3 Å². The summed E-state index contributed by atoms with van der Waals surface area (Å²) in [7, 11) is -3.57. The number of para-hydroxylation sites is 1. The number of sulfonamides is 1. The molecule has 4 rings (SSSR count). The maximum absolute atomic E-state index is 12.6. The summed E-state index contributed by atoms with van der Waals surface area (Å²) >= 11 is 0. The molecule has 0 saturated carbocycles. The van der Waals surface area contributed by atoms with Crippen molar-refractivity contribution in [1.29, 1.82) is 0 Å². The van der Waals surface area contributed by atoms with Gasteiger partial charge in [-0.05, 0) is 49.6 Å². The fourth-order valence-corrected chi connectivity index (χ4v) is 4.99. The number of hydrogen-bond acceptors (Lipinski definition) is 4. The van der Waals surface area contributed by atoms with E-state index >= 15 is 0 Å². The Morgan fingerprint density at radius 2 is 1.93 bits per heavy atom. The lowest BCUT2D eigenvalue weighted by atomic mass is 9.68. The van der Waals surface area contributed by atoms with Crippen molar-refractivity contribution in [3.63, 3.8) is 0 Å². The minimum absolute atomic E-state index is 0.259. The maximum atomic E-state index is 12.6. The van der Waals surface area contributed by atoms with Gasteiger partial charge in [-0.2, -0.15) is 0 Å². The van der Waals surface area contributed by atoms with E-state index in [9.17, 15) is 13.5 Å². The molecule has 0 aromatic heterocycles. The summed E-state index contributed by atoms with van der Waals surface area (Å²) in [5, 5.41) is 10.2. The molecular formula is C21H22N2O3S. The van der Waals surface area contributed by atoms with E-state index in [4.69, 9.17) is 4.99 Å². The molecule has 2 aromatic carbocycles. The van der Waals surface area contributed by atoms with E-state index in [-0.39, 0.29) is 11.4 Å². The predicted octanol–water partition coefficient (Wildman–Crippen LogP) is 3.01. The molecule has 2 aromatic rings. The van der Waals surface area contributed by atoms with E-state index in [2.05, 4.69) is 4.72 Å².